The van der Waals surface area contributed by atoms with Crippen LogP contribution in [0.4, 0.5) is 0 Å². The average Bonchev–Trinajstić information content (AvgIpc) is 2.50. The van der Waals surface area contributed by atoms with E-state index in [1.807, 2.05) is 12.1 Å². The van der Waals surface area contributed by atoms with E-state index in [0.29, 0.717) is 0 Å². The van der Waals surface area contributed by atoms with Crippen LogP contribution in [0.25, 0.3) is 0 Å². The molecular weight excluding hydrogens is 220 g/mol. The van der Waals surface area contributed by atoms with Crippen LogP contribution in [-0.4, -0.2) is 11.1 Å². The van der Waals surface area contributed by atoms with E-state index in [4.69, 9.17) is 16.7 Å². The van der Waals surface area contributed by atoms with Crippen LogP contribution in [0.15, 0.2) is 12.1 Å². The Balaban J connectivity index is 2.07. The largest absolute Gasteiger partial charge is 0.481 e. The number of carboxylic acids is 1. The lowest BCUT2D eigenvalue weighted by Crippen LogP contribution is -1.93. The van der Waals surface area contributed by atoms with Crippen LogP contribution in [0.3, 0.4) is 0 Å². The summed E-state index contributed by atoms with van der Waals surface area (Å²) in [6.45, 7) is 0. The zero-order valence-corrected chi connectivity index (χ0v) is 9.40. The highest BCUT2D eigenvalue weighted by Gasteiger charge is 1.99. The van der Waals surface area contributed by atoms with Gasteiger partial charge < -0.3 is 5.11 Å². The van der Waals surface area contributed by atoms with Gasteiger partial charge in [0.1, 0.15) is 0 Å². The summed E-state index contributed by atoms with van der Waals surface area (Å²) in [5, 5.41) is 8.42. The van der Waals surface area contributed by atoms with Crippen molar-refractivity contribution in [1.29, 1.82) is 0 Å². The van der Waals surface area contributed by atoms with Crippen LogP contribution >= 0.6 is 22.9 Å². The van der Waals surface area contributed by atoms with Gasteiger partial charge in [0.05, 0.1) is 4.34 Å². The minimum atomic E-state index is -0.704. The highest BCUT2D eigenvalue weighted by molar-refractivity contribution is 7.16. The first-order valence-electron chi connectivity index (χ1n) is 4.64. The molecule has 0 amide bonds. The number of unbranched alkanes of at least 4 members (excludes halogenated alkanes) is 2. The van der Waals surface area contributed by atoms with Crippen molar-refractivity contribution in [3.63, 3.8) is 0 Å². The quantitative estimate of drug-likeness (QED) is 0.762. The number of carboxylic acid groups (broad SMARTS) is 1. The minimum Gasteiger partial charge on any atom is -0.481 e. The Labute approximate surface area is 92.5 Å². The summed E-state index contributed by atoms with van der Waals surface area (Å²) in [7, 11) is 0. The molecule has 0 saturated carbocycles. The maximum atomic E-state index is 10.2. The van der Waals surface area contributed by atoms with Crippen molar-refractivity contribution < 1.29 is 9.90 Å². The number of thiophene rings is 1. The monoisotopic (exact) mass is 232 g/mol. The molecule has 0 atom stereocenters. The smallest absolute Gasteiger partial charge is 0.303 e. The Kier molecular flexibility index (Phi) is 4.98. The van der Waals surface area contributed by atoms with E-state index in [1.165, 1.54) is 4.88 Å². The predicted molar refractivity (Wildman–Crippen MR) is 59.1 cm³/mol. The van der Waals surface area contributed by atoms with Gasteiger partial charge in [-0.2, -0.15) is 0 Å². The minimum absolute atomic E-state index is 0.283. The molecule has 1 aromatic heterocycles. The van der Waals surface area contributed by atoms with Crippen molar-refractivity contribution in [2.75, 3.05) is 0 Å². The van der Waals surface area contributed by atoms with Crippen molar-refractivity contribution >= 4 is 28.9 Å². The van der Waals surface area contributed by atoms with E-state index in [2.05, 4.69) is 0 Å². The normalized spacial score (nSPS) is 10.4. The Hall–Kier alpha value is -0.540. The van der Waals surface area contributed by atoms with E-state index in [0.717, 1.165) is 30.0 Å². The van der Waals surface area contributed by atoms with Crippen LogP contribution < -0.4 is 0 Å². The van der Waals surface area contributed by atoms with Crippen molar-refractivity contribution in [2.24, 2.45) is 0 Å². The van der Waals surface area contributed by atoms with Crippen LogP contribution in [-0.2, 0) is 11.2 Å². The summed E-state index contributed by atoms with van der Waals surface area (Å²) in [5.74, 6) is -0.704. The molecule has 0 unspecified atom stereocenters. The summed E-state index contributed by atoms with van der Waals surface area (Å²) in [6.07, 6.45) is 4.09. The standard InChI is InChI=1S/C10H13ClO2S/c11-9-7-6-8(14-9)4-2-1-3-5-10(12)13/h6-7H,1-5H2,(H,12,13). The summed E-state index contributed by atoms with van der Waals surface area (Å²) < 4.78 is 0.825. The highest BCUT2D eigenvalue weighted by atomic mass is 35.5. The number of carbonyl (C=O) groups is 1. The molecule has 4 heteroatoms. The molecule has 0 bridgehead atoms. The maximum absolute atomic E-state index is 10.2. The number of hydrogen-bond donors (Lipinski definition) is 1. The van der Waals surface area contributed by atoms with Gasteiger partial charge in [0.2, 0.25) is 0 Å². The molecule has 2 nitrogen and oxygen atoms in total. The zero-order valence-electron chi connectivity index (χ0n) is 7.83. The predicted octanol–water partition coefficient (Wildman–Crippen LogP) is 3.59. The summed E-state index contributed by atoms with van der Waals surface area (Å²) in [4.78, 5) is 11.5. The summed E-state index contributed by atoms with van der Waals surface area (Å²) in [6, 6.07) is 3.93. The van der Waals surface area contributed by atoms with Crippen molar-refractivity contribution in [3.8, 4) is 0 Å². The zero-order chi connectivity index (χ0) is 10.4. The first-order chi connectivity index (χ1) is 6.68. The fraction of sp³-hybridized carbons (Fsp3) is 0.500. The first kappa shape index (κ1) is 11.5. The SMILES string of the molecule is O=C(O)CCCCCc1ccc(Cl)s1. The van der Waals surface area contributed by atoms with E-state index < -0.39 is 5.97 Å². The molecule has 0 spiro atoms. The third-order valence-electron chi connectivity index (χ3n) is 1.94. The van der Waals surface area contributed by atoms with Gasteiger partial charge in [0, 0.05) is 11.3 Å². The van der Waals surface area contributed by atoms with Gasteiger partial charge in [-0.05, 0) is 31.4 Å². The molecule has 78 valence electrons. The molecule has 0 saturated heterocycles. The molecule has 0 aliphatic heterocycles. The topological polar surface area (TPSA) is 37.3 Å². The summed E-state index contributed by atoms with van der Waals surface area (Å²) in [5.41, 5.74) is 0. The van der Waals surface area contributed by atoms with E-state index >= 15 is 0 Å². The lowest BCUT2D eigenvalue weighted by atomic mass is 10.1. The van der Waals surface area contributed by atoms with Gasteiger partial charge in [-0.1, -0.05) is 18.0 Å². The Morgan fingerprint density at radius 2 is 2.14 bits per heavy atom. The number of aryl methyl sites for hydroxylation is 1. The average molecular weight is 233 g/mol. The molecule has 1 heterocycles. The third kappa shape index (κ3) is 4.63. The lowest BCUT2D eigenvalue weighted by molar-refractivity contribution is -0.137. The molecule has 0 radical (unpaired) electrons. The van der Waals surface area contributed by atoms with Gasteiger partial charge in [0.15, 0.2) is 0 Å². The van der Waals surface area contributed by atoms with Crippen LogP contribution in [0.2, 0.25) is 4.34 Å². The maximum Gasteiger partial charge on any atom is 0.303 e. The van der Waals surface area contributed by atoms with E-state index in [9.17, 15) is 4.79 Å². The van der Waals surface area contributed by atoms with Gasteiger partial charge in [-0.25, -0.2) is 0 Å². The fourth-order valence-electron chi connectivity index (χ4n) is 1.24. The first-order valence-corrected chi connectivity index (χ1v) is 5.84. The second-order valence-corrected chi connectivity index (χ2v) is 4.96. The molecule has 0 aromatic carbocycles. The van der Waals surface area contributed by atoms with Crippen LogP contribution in [0.5, 0.6) is 0 Å². The number of halogens is 1. The molecule has 1 N–H and O–H groups in total. The van der Waals surface area contributed by atoms with Crippen molar-refractivity contribution in [2.45, 2.75) is 32.1 Å². The molecule has 0 aliphatic rings. The fourth-order valence-corrected chi connectivity index (χ4v) is 2.37. The Morgan fingerprint density at radius 1 is 1.36 bits per heavy atom. The highest BCUT2D eigenvalue weighted by Crippen LogP contribution is 2.23. The molecule has 1 rings (SSSR count). The number of rotatable bonds is 6. The Morgan fingerprint density at radius 3 is 2.71 bits per heavy atom. The molecular formula is C10H13ClO2S. The van der Waals surface area contributed by atoms with Crippen molar-refractivity contribution in [3.05, 3.63) is 21.3 Å². The lowest BCUT2D eigenvalue weighted by Gasteiger charge is -1.96. The van der Waals surface area contributed by atoms with Crippen LogP contribution in [0.1, 0.15) is 30.6 Å². The van der Waals surface area contributed by atoms with E-state index in [-0.39, 0.29) is 6.42 Å². The van der Waals surface area contributed by atoms with Crippen molar-refractivity contribution in [1.82, 2.24) is 0 Å². The van der Waals surface area contributed by atoms with Gasteiger partial charge >= 0.3 is 5.97 Å². The van der Waals surface area contributed by atoms with Gasteiger partial charge in [0.25, 0.3) is 0 Å². The van der Waals surface area contributed by atoms with E-state index in [1.54, 1.807) is 11.3 Å². The number of aliphatic carboxylic acids is 1. The Bertz CT molecular complexity index is 296. The molecule has 0 aliphatic carbocycles. The molecule has 1 aromatic rings. The van der Waals surface area contributed by atoms with Gasteiger partial charge in [-0.15, -0.1) is 11.3 Å². The summed E-state index contributed by atoms with van der Waals surface area (Å²) >= 11 is 7.38. The molecule has 14 heavy (non-hydrogen) atoms. The number of hydrogen-bond acceptors (Lipinski definition) is 2. The van der Waals surface area contributed by atoms with Crippen LogP contribution in [0, 0.1) is 0 Å². The molecule has 0 fully saturated rings. The third-order valence-corrected chi connectivity index (χ3v) is 3.23. The second-order valence-electron chi connectivity index (χ2n) is 3.16. The second kappa shape index (κ2) is 6.04. The van der Waals surface area contributed by atoms with Gasteiger partial charge in [-0.3, -0.25) is 4.79 Å².